The van der Waals surface area contributed by atoms with Crippen LogP contribution >= 0.6 is 0 Å². The fourth-order valence-corrected chi connectivity index (χ4v) is 3.74. The number of carbonyl (C=O) groups excluding carboxylic acids is 2. The first-order valence-electron chi connectivity index (χ1n) is 10.00. The molecule has 0 radical (unpaired) electrons. The number of ether oxygens (including phenoxy) is 2. The van der Waals surface area contributed by atoms with E-state index in [1.165, 1.54) is 4.90 Å². The maximum Gasteiger partial charge on any atom is 0.244 e. The number of nitrogens with one attached hydrogen (secondary N) is 1. The Kier molecular flexibility index (Phi) is 5.80. The van der Waals surface area contributed by atoms with Gasteiger partial charge in [-0.15, -0.1) is 0 Å². The molecule has 2 aliphatic rings. The number of morpholine rings is 1. The van der Waals surface area contributed by atoms with E-state index in [4.69, 9.17) is 9.47 Å². The number of hydrogen-bond acceptors (Lipinski definition) is 7. The van der Waals surface area contributed by atoms with Crippen molar-refractivity contribution in [3.63, 3.8) is 0 Å². The summed E-state index contributed by atoms with van der Waals surface area (Å²) in [6.45, 7) is 4.67. The zero-order valence-corrected chi connectivity index (χ0v) is 17.2. The Labute approximate surface area is 175 Å². The lowest BCUT2D eigenvalue weighted by molar-refractivity contribution is -0.121. The van der Waals surface area contributed by atoms with Gasteiger partial charge in [-0.1, -0.05) is 12.1 Å². The molecule has 0 bridgehead atoms. The van der Waals surface area contributed by atoms with Gasteiger partial charge in [-0.25, -0.2) is 4.98 Å². The van der Waals surface area contributed by atoms with Crippen LogP contribution in [0, 0.1) is 6.92 Å². The average molecular weight is 411 g/mol. The zero-order chi connectivity index (χ0) is 21.1. The van der Waals surface area contributed by atoms with Crippen molar-refractivity contribution in [1.29, 1.82) is 0 Å². The molecule has 9 nitrogen and oxygen atoms in total. The molecular weight excluding hydrogens is 386 g/mol. The van der Waals surface area contributed by atoms with Crippen LogP contribution in [0.1, 0.15) is 17.7 Å². The summed E-state index contributed by atoms with van der Waals surface area (Å²) in [7, 11) is 1.57. The van der Waals surface area contributed by atoms with Crippen LogP contribution in [0.5, 0.6) is 5.88 Å². The predicted octanol–water partition coefficient (Wildman–Crippen LogP) is 1.55. The van der Waals surface area contributed by atoms with Gasteiger partial charge in [-0.2, -0.15) is 4.98 Å². The van der Waals surface area contributed by atoms with Crippen molar-refractivity contribution < 1.29 is 19.1 Å². The lowest BCUT2D eigenvalue weighted by atomic mass is 10.1. The lowest BCUT2D eigenvalue weighted by Crippen LogP contribution is -2.42. The van der Waals surface area contributed by atoms with Crippen molar-refractivity contribution in [2.24, 2.45) is 0 Å². The second-order valence-electron chi connectivity index (χ2n) is 7.24. The smallest absolute Gasteiger partial charge is 0.244 e. The summed E-state index contributed by atoms with van der Waals surface area (Å²) in [6, 6.07) is 7.30. The van der Waals surface area contributed by atoms with Crippen molar-refractivity contribution in [3.8, 4) is 5.88 Å². The summed E-state index contributed by atoms with van der Waals surface area (Å²) in [4.78, 5) is 37.7. The first kappa shape index (κ1) is 20.1. The van der Waals surface area contributed by atoms with Crippen LogP contribution in [-0.4, -0.2) is 61.7 Å². The van der Waals surface area contributed by atoms with E-state index in [-0.39, 0.29) is 24.8 Å². The normalized spacial score (nSPS) is 16.1. The van der Waals surface area contributed by atoms with E-state index in [0.717, 1.165) is 24.3 Å². The third kappa shape index (κ3) is 4.06. The number of aryl methyl sites for hydroxylation is 1. The second-order valence-corrected chi connectivity index (χ2v) is 7.24. The Morgan fingerprint density at radius 2 is 2.00 bits per heavy atom. The van der Waals surface area contributed by atoms with Gasteiger partial charge in [0.1, 0.15) is 6.54 Å². The van der Waals surface area contributed by atoms with Gasteiger partial charge in [-0.05, 0) is 25.5 Å². The molecule has 2 amide bonds. The number of carbonyl (C=O) groups is 2. The highest BCUT2D eigenvalue weighted by Crippen LogP contribution is 2.30. The molecule has 30 heavy (non-hydrogen) atoms. The van der Waals surface area contributed by atoms with Crippen molar-refractivity contribution in [3.05, 3.63) is 35.5 Å². The van der Waals surface area contributed by atoms with Crippen LogP contribution in [-0.2, 0) is 20.7 Å². The molecule has 0 atom stereocenters. The van der Waals surface area contributed by atoms with Crippen molar-refractivity contribution in [2.45, 2.75) is 19.8 Å². The number of fused-ring (bicyclic) bond motifs is 1. The Morgan fingerprint density at radius 1 is 1.23 bits per heavy atom. The maximum atomic E-state index is 12.9. The number of para-hydroxylation sites is 2. The van der Waals surface area contributed by atoms with Crippen molar-refractivity contribution in [2.75, 3.05) is 55.1 Å². The van der Waals surface area contributed by atoms with Crippen LogP contribution in [0.25, 0.3) is 0 Å². The monoisotopic (exact) mass is 411 g/mol. The Bertz CT molecular complexity index is 958. The van der Waals surface area contributed by atoms with Crippen molar-refractivity contribution >= 4 is 29.1 Å². The molecule has 0 saturated carbocycles. The van der Waals surface area contributed by atoms with Gasteiger partial charge in [0.05, 0.1) is 31.7 Å². The molecule has 9 heteroatoms. The van der Waals surface area contributed by atoms with Crippen LogP contribution in [0.15, 0.2) is 24.3 Å². The van der Waals surface area contributed by atoms with E-state index < -0.39 is 0 Å². The molecule has 1 aromatic heterocycles. The summed E-state index contributed by atoms with van der Waals surface area (Å²) in [6.07, 6.45) is 0.649. The summed E-state index contributed by atoms with van der Waals surface area (Å²) < 4.78 is 10.9. The summed E-state index contributed by atoms with van der Waals surface area (Å²) >= 11 is 0. The molecule has 0 unspecified atom stereocenters. The molecule has 0 aliphatic carbocycles. The number of rotatable bonds is 5. The molecular formula is C21H25N5O4. The van der Waals surface area contributed by atoms with Gasteiger partial charge in [0, 0.05) is 30.8 Å². The number of methoxy groups -OCH3 is 1. The highest BCUT2D eigenvalue weighted by atomic mass is 16.5. The summed E-state index contributed by atoms with van der Waals surface area (Å²) in [5.74, 6) is 0.767. The van der Waals surface area contributed by atoms with Gasteiger partial charge < -0.3 is 24.6 Å². The van der Waals surface area contributed by atoms with Gasteiger partial charge >= 0.3 is 0 Å². The number of nitrogens with zero attached hydrogens (tertiary/aromatic N) is 4. The quantitative estimate of drug-likeness (QED) is 0.797. The average Bonchev–Trinajstić information content (AvgIpc) is 2.77. The van der Waals surface area contributed by atoms with Crippen LogP contribution in [0.3, 0.4) is 0 Å². The Morgan fingerprint density at radius 3 is 2.77 bits per heavy atom. The minimum Gasteiger partial charge on any atom is -0.481 e. The molecule has 1 N–H and O–H groups in total. The highest BCUT2D eigenvalue weighted by molar-refractivity contribution is 6.09. The number of amides is 2. The van der Waals surface area contributed by atoms with Crippen LogP contribution in [0.4, 0.5) is 17.3 Å². The number of hydrogen-bond donors (Lipinski definition) is 1. The molecule has 3 heterocycles. The van der Waals surface area contributed by atoms with Gasteiger partial charge in [-0.3, -0.25) is 9.59 Å². The SMILES string of the molecule is COc1nc(N2CCOCC2)nc(C)c1CCC(=O)N1CC(=O)Nc2ccccc21. The third-order valence-corrected chi connectivity index (χ3v) is 5.31. The van der Waals surface area contributed by atoms with Crippen LogP contribution in [0.2, 0.25) is 0 Å². The number of aromatic nitrogens is 2. The summed E-state index contributed by atoms with van der Waals surface area (Å²) in [5.41, 5.74) is 2.95. The van der Waals surface area contributed by atoms with E-state index >= 15 is 0 Å². The number of anilines is 3. The molecule has 1 fully saturated rings. The van der Waals surface area contributed by atoms with Gasteiger partial charge in [0.25, 0.3) is 0 Å². The molecule has 0 spiro atoms. The Balaban J connectivity index is 1.51. The maximum absolute atomic E-state index is 12.9. The largest absolute Gasteiger partial charge is 0.481 e. The predicted molar refractivity (Wildman–Crippen MR) is 112 cm³/mol. The topological polar surface area (TPSA) is 96.9 Å². The van der Waals surface area contributed by atoms with Gasteiger partial charge in [0.2, 0.25) is 23.6 Å². The van der Waals surface area contributed by atoms with E-state index in [1.807, 2.05) is 25.1 Å². The van der Waals surface area contributed by atoms with Crippen LogP contribution < -0.4 is 19.9 Å². The Hall–Kier alpha value is -3.20. The molecule has 2 aliphatic heterocycles. The van der Waals surface area contributed by atoms with Crippen molar-refractivity contribution in [1.82, 2.24) is 9.97 Å². The zero-order valence-electron chi connectivity index (χ0n) is 17.2. The first-order chi connectivity index (χ1) is 14.6. The standard InChI is InChI=1S/C21H25N5O4/c1-14-15(20(29-2)24-21(22-14)25-9-11-30-12-10-25)7-8-19(28)26-13-18(27)23-16-5-3-4-6-17(16)26/h3-6H,7-13H2,1-2H3,(H,23,27). The fraction of sp³-hybridized carbons (Fsp3) is 0.429. The molecule has 1 saturated heterocycles. The first-order valence-corrected chi connectivity index (χ1v) is 10.00. The second kappa shape index (κ2) is 8.66. The van der Waals surface area contributed by atoms with Gasteiger partial charge in [0.15, 0.2) is 0 Å². The molecule has 2 aromatic rings. The minimum atomic E-state index is -0.200. The molecule has 1 aromatic carbocycles. The highest BCUT2D eigenvalue weighted by Gasteiger charge is 2.27. The number of benzene rings is 1. The molecule has 4 rings (SSSR count). The van der Waals surface area contributed by atoms with E-state index in [0.29, 0.717) is 42.8 Å². The summed E-state index contributed by atoms with van der Waals surface area (Å²) in [5, 5.41) is 2.80. The third-order valence-electron chi connectivity index (χ3n) is 5.31. The fourth-order valence-electron chi connectivity index (χ4n) is 3.74. The minimum absolute atomic E-state index is 0.0123. The van der Waals surface area contributed by atoms with E-state index in [9.17, 15) is 9.59 Å². The van der Waals surface area contributed by atoms with E-state index in [1.54, 1.807) is 13.2 Å². The lowest BCUT2D eigenvalue weighted by Gasteiger charge is -2.29. The van der Waals surface area contributed by atoms with E-state index in [2.05, 4.69) is 20.2 Å². The molecule has 158 valence electrons.